The molecule has 0 aromatic rings. The Hall–Kier alpha value is -1.33. The number of rotatable bonds is 2. The molecule has 3 fully saturated rings. The van der Waals surface area contributed by atoms with Crippen molar-refractivity contribution in [2.24, 2.45) is 40.4 Å². The molecule has 4 aliphatic carbocycles. The minimum absolute atomic E-state index is 0.0484. The van der Waals surface area contributed by atoms with Crippen LogP contribution in [0.25, 0.3) is 0 Å². The first-order valence-corrected chi connectivity index (χ1v) is 10.0. The van der Waals surface area contributed by atoms with Crippen molar-refractivity contribution in [1.82, 2.24) is 0 Å². The van der Waals surface area contributed by atoms with Gasteiger partial charge in [-0.15, -0.1) is 0 Å². The fourth-order valence-electron chi connectivity index (χ4n) is 7.49. The van der Waals surface area contributed by atoms with Crippen LogP contribution in [-0.4, -0.2) is 40.7 Å². The Kier molecular flexibility index (Phi) is 4.28. The summed E-state index contributed by atoms with van der Waals surface area (Å²) in [5, 5.41) is 20.6. The van der Waals surface area contributed by atoms with E-state index < -0.39 is 29.7 Å². The van der Waals surface area contributed by atoms with Gasteiger partial charge >= 0.3 is 0 Å². The van der Waals surface area contributed by atoms with E-state index in [0.717, 1.165) is 6.42 Å². The first kappa shape index (κ1) is 19.0. The van der Waals surface area contributed by atoms with Crippen molar-refractivity contribution in [2.45, 2.75) is 52.3 Å². The molecule has 0 saturated heterocycles. The maximum Gasteiger partial charge on any atom is 0.178 e. The molecule has 3 saturated carbocycles. The predicted octanol–water partition coefficient (Wildman–Crippen LogP) is 2.64. The number of allylic oxidation sites excluding steroid dienone is 4. The van der Waals surface area contributed by atoms with Crippen LogP contribution < -0.4 is 0 Å². The van der Waals surface area contributed by atoms with Gasteiger partial charge in [-0.2, -0.15) is 0 Å². The van der Waals surface area contributed by atoms with Gasteiger partial charge in [0, 0.05) is 17.3 Å². The second-order valence-corrected chi connectivity index (χ2v) is 9.71. The Morgan fingerprint density at radius 1 is 1.33 bits per heavy atom. The van der Waals surface area contributed by atoms with Crippen molar-refractivity contribution >= 4 is 11.6 Å². The molecule has 27 heavy (non-hydrogen) atoms. The number of carbonyl (C=O) groups is 2. The third-order valence-corrected chi connectivity index (χ3v) is 8.32. The first-order chi connectivity index (χ1) is 12.6. The number of carbonyl (C=O) groups excluding carboxylic acids is 2. The second-order valence-electron chi connectivity index (χ2n) is 9.71. The summed E-state index contributed by atoms with van der Waals surface area (Å²) in [7, 11) is 0. The number of hydrogen-bond donors (Lipinski definition) is 2. The summed E-state index contributed by atoms with van der Waals surface area (Å²) in [5.41, 5.74) is -0.599. The van der Waals surface area contributed by atoms with Crippen molar-refractivity contribution in [3.63, 3.8) is 0 Å². The first-order valence-electron chi connectivity index (χ1n) is 10.0. The Morgan fingerprint density at radius 2 is 2.04 bits per heavy atom. The van der Waals surface area contributed by atoms with Gasteiger partial charge in [0.15, 0.2) is 11.6 Å². The van der Waals surface area contributed by atoms with Crippen LogP contribution in [0.1, 0.15) is 40.0 Å². The summed E-state index contributed by atoms with van der Waals surface area (Å²) in [6.45, 7) is 5.53. The topological polar surface area (TPSA) is 74.6 Å². The molecule has 0 aliphatic heterocycles. The normalized spacial score (nSPS) is 51.3. The number of aliphatic hydroxyl groups excluding tert-OH is 2. The molecule has 0 aromatic carbocycles. The Bertz CT molecular complexity index is 743. The molecule has 4 nitrogen and oxygen atoms in total. The van der Waals surface area contributed by atoms with Gasteiger partial charge in [-0.3, -0.25) is 9.59 Å². The minimum Gasteiger partial charge on any atom is -0.393 e. The molecule has 1 unspecified atom stereocenters. The van der Waals surface area contributed by atoms with Crippen LogP contribution in [0.4, 0.5) is 4.39 Å². The molecule has 4 aliphatic rings. The van der Waals surface area contributed by atoms with Crippen LogP contribution in [0.2, 0.25) is 0 Å². The monoisotopic (exact) mass is 376 g/mol. The van der Waals surface area contributed by atoms with E-state index in [9.17, 15) is 19.8 Å². The molecule has 148 valence electrons. The molecular formula is C22H29FO4. The van der Waals surface area contributed by atoms with Crippen LogP contribution in [0.15, 0.2) is 23.8 Å². The quantitative estimate of drug-likeness (QED) is 0.777. The van der Waals surface area contributed by atoms with Crippen LogP contribution in [0.5, 0.6) is 0 Å². The van der Waals surface area contributed by atoms with E-state index in [1.54, 1.807) is 6.08 Å². The summed E-state index contributed by atoms with van der Waals surface area (Å²) in [6, 6.07) is 0. The highest BCUT2D eigenvalue weighted by Gasteiger charge is 2.65. The Morgan fingerprint density at radius 3 is 2.70 bits per heavy atom. The van der Waals surface area contributed by atoms with E-state index in [4.69, 9.17) is 0 Å². The number of Topliss-reactive ketones (excluding diaryl/α,β-unsaturated/α-hetero) is 1. The van der Waals surface area contributed by atoms with E-state index >= 15 is 4.39 Å². The van der Waals surface area contributed by atoms with Gasteiger partial charge in [-0.1, -0.05) is 26.8 Å². The van der Waals surface area contributed by atoms with Crippen molar-refractivity contribution in [3.8, 4) is 0 Å². The Labute approximate surface area is 159 Å². The molecule has 0 radical (unpaired) electrons. The summed E-state index contributed by atoms with van der Waals surface area (Å²) in [6.07, 6.45) is 4.39. The lowest BCUT2D eigenvalue weighted by molar-refractivity contribution is -0.144. The average molecular weight is 376 g/mol. The average Bonchev–Trinajstić information content (AvgIpc) is 2.85. The molecule has 0 aromatic heterocycles. The predicted molar refractivity (Wildman–Crippen MR) is 98.4 cm³/mol. The second kappa shape index (κ2) is 6.08. The van der Waals surface area contributed by atoms with Gasteiger partial charge in [0.25, 0.3) is 0 Å². The Balaban J connectivity index is 1.77. The zero-order chi connectivity index (χ0) is 19.7. The van der Waals surface area contributed by atoms with Crippen LogP contribution in [0, 0.1) is 40.4 Å². The maximum absolute atomic E-state index is 15.2. The number of aliphatic hydroxyl groups is 2. The number of fused-ring (bicyclic) bond motifs is 5. The highest BCUT2D eigenvalue weighted by atomic mass is 19.1. The van der Waals surface area contributed by atoms with Crippen LogP contribution in [-0.2, 0) is 9.59 Å². The highest BCUT2D eigenvalue weighted by molar-refractivity contribution is 6.01. The lowest BCUT2D eigenvalue weighted by atomic mass is 9.46. The van der Waals surface area contributed by atoms with Gasteiger partial charge in [-0.05, 0) is 60.2 Å². The fourth-order valence-corrected chi connectivity index (χ4v) is 7.49. The molecule has 4 rings (SSSR count). The SMILES string of the molecule is C[C@@H]1C[C@H]2[C@@H]3C[C@H](F)C4=CC(=O)C=C[C@]4(C)[C@H]3[C@@H](O)C[C@]2(C)C1C(=O)CO. The molecule has 0 amide bonds. The minimum atomic E-state index is -1.21. The highest BCUT2D eigenvalue weighted by Crippen LogP contribution is 2.67. The van der Waals surface area contributed by atoms with Crippen LogP contribution >= 0.6 is 0 Å². The van der Waals surface area contributed by atoms with Crippen molar-refractivity contribution in [1.29, 1.82) is 0 Å². The van der Waals surface area contributed by atoms with Crippen molar-refractivity contribution in [2.75, 3.05) is 6.61 Å². The fraction of sp³-hybridized carbons (Fsp3) is 0.727. The third kappa shape index (κ3) is 2.47. The lowest BCUT2D eigenvalue weighted by Gasteiger charge is -2.59. The number of halogens is 1. The lowest BCUT2D eigenvalue weighted by Crippen LogP contribution is -2.58. The summed E-state index contributed by atoms with van der Waals surface area (Å²) >= 11 is 0. The van der Waals surface area contributed by atoms with Gasteiger partial charge in [0.05, 0.1) is 6.10 Å². The summed E-state index contributed by atoms with van der Waals surface area (Å²) < 4.78 is 15.2. The molecule has 2 N–H and O–H groups in total. The summed E-state index contributed by atoms with van der Waals surface area (Å²) in [4.78, 5) is 24.3. The number of hydrogen-bond acceptors (Lipinski definition) is 4. The summed E-state index contributed by atoms with van der Waals surface area (Å²) in [5.74, 6) is -0.626. The number of alkyl halides is 1. The van der Waals surface area contributed by atoms with Gasteiger partial charge < -0.3 is 10.2 Å². The third-order valence-electron chi connectivity index (χ3n) is 8.32. The molecule has 5 heteroatoms. The standard InChI is InChI=1S/C22H29FO4/c1-11-6-14-13-8-16(23)15-7-12(25)4-5-21(15,2)20(13)17(26)9-22(14,3)19(11)18(27)10-24/h4-5,7,11,13-14,16-17,19-20,24,26H,6,8-10H2,1-3H3/t11-,13+,14+,16+,17+,19?,20-,21+,22+/m1/s1. The zero-order valence-corrected chi connectivity index (χ0v) is 16.2. The van der Waals surface area contributed by atoms with E-state index in [1.165, 1.54) is 12.2 Å². The molecular weight excluding hydrogens is 347 g/mol. The van der Waals surface area contributed by atoms with Crippen molar-refractivity contribution in [3.05, 3.63) is 23.8 Å². The van der Waals surface area contributed by atoms with E-state index in [2.05, 4.69) is 0 Å². The maximum atomic E-state index is 15.2. The van der Waals surface area contributed by atoms with Gasteiger partial charge in [0.2, 0.25) is 0 Å². The molecule has 0 bridgehead atoms. The van der Waals surface area contributed by atoms with Gasteiger partial charge in [0.1, 0.15) is 12.8 Å². The van der Waals surface area contributed by atoms with Crippen LogP contribution in [0.3, 0.4) is 0 Å². The number of ketones is 2. The molecule has 0 spiro atoms. The molecule has 0 heterocycles. The zero-order valence-electron chi connectivity index (χ0n) is 16.2. The van der Waals surface area contributed by atoms with E-state index in [-0.39, 0.29) is 47.6 Å². The smallest absolute Gasteiger partial charge is 0.178 e. The largest absolute Gasteiger partial charge is 0.393 e. The van der Waals surface area contributed by atoms with Crippen molar-refractivity contribution < 1.29 is 24.2 Å². The van der Waals surface area contributed by atoms with E-state index in [1.807, 2.05) is 20.8 Å². The van der Waals surface area contributed by atoms with Gasteiger partial charge in [-0.25, -0.2) is 4.39 Å². The molecule has 9 atom stereocenters. The van der Waals surface area contributed by atoms with E-state index in [0.29, 0.717) is 12.0 Å².